The van der Waals surface area contributed by atoms with Gasteiger partial charge in [-0.25, -0.2) is 9.78 Å². The molecule has 0 atom stereocenters. The number of esters is 1. The third-order valence-electron chi connectivity index (χ3n) is 6.01. The van der Waals surface area contributed by atoms with E-state index in [1.165, 1.54) is 10.9 Å². The van der Waals surface area contributed by atoms with E-state index in [-0.39, 0.29) is 17.1 Å². The summed E-state index contributed by atoms with van der Waals surface area (Å²) >= 11 is 12.6. The number of nitrogens with zero attached hydrogens (tertiary/aromatic N) is 3. The first kappa shape index (κ1) is 27.1. The van der Waals surface area contributed by atoms with Gasteiger partial charge >= 0.3 is 5.97 Å². The van der Waals surface area contributed by atoms with E-state index in [1.54, 1.807) is 72.8 Å². The molecule has 5 aromatic rings. The Balaban J connectivity index is 1.53. The first-order chi connectivity index (χ1) is 19.3. The van der Waals surface area contributed by atoms with Gasteiger partial charge in [0.1, 0.15) is 0 Å². The lowest BCUT2D eigenvalue weighted by atomic mass is 10.1. The molecule has 7 nitrogen and oxygen atoms in total. The monoisotopic (exact) mass is 571 g/mol. The molecular formula is C31H23Cl2N3O4. The summed E-state index contributed by atoms with van der Waals surface area (Å²) in [6.07, 6.45) is 1.50. The first-order valence-electron chi connectivity index (χ1n) is 12.4. The van der Waals surface area contributed by atoms with E-state index in [0.717, 1.165) is 5.56 Å². The highest BCUT2D eigenvalue weighted by molar-refractivity contribution is 6.36. The molecule has 0 spiro atoms. The van der Waals surface area contributed by atoms with Gasteiger partial charge in [0.15, 0.2) is 17.3 Å². The molecule has 5 rings (SSSR count). The van der Waals surface area contributed by atoms with Crippen molar-refractivity contribution in [2.24, 2.45) is 5.10 Å². The van der Waals surface area contributed by atoms with Crippen LogP contribution in [0.2, 0.25) is 10.0 Å². The number of rotatable bonds is 7. The zero-order valence-electron chi connectivity index (χ0n) is 21.6. The van der Waals surface area contributed by atoms with Crippen LogP contribution in [0.25, 0.3) is 22.3 Å². The van der Waals surface area contributed by atoms with Gasteiger partial charge in [0, 0.05) is 10.6 Å². The third-order valence-corrected chi connectivity index (χ3v) is 6.55. The van der Waals surface area contributed by atoms with Crippen molar-refractivity contribution in [1.29, 1.82) is 0 Å². The van der Waals surface area contributed by atoms with Crippen LogP contribution in [0.15, 0.2) is 94.8 Å². The highest BCUT2D eigenvalue weighted by Gasteiger charge is 2.16. The van der Waals surface area contributed by atoms with Crippen molar-refractivity contribution in [3.05, 3.63) is 122 Å². The Morgan fingerprint density at radius 2 is 1.75 bits per heavy atom. The third kappa shape index (κ3) is 5.76. The molecule has 1 aromatic heterocycles. The molecule has 4 aromatic carbocycles. The zero-order chi connectivity index (χ0) is 28.2. The quantitative estimate of drug-likeness (QED) is 0.117. The molecule has 0 saturated carbocycles. The fourth-order valence-corrected chi connectivity index (χ4v) is 4.50. The average molecular weight is 572 g/mol. The van der Waals surface area contributed by atoms with Gasteiger partial charge in [-0.15, -0.1) is 0 Å². The van der Waals surface area contributed by atoms with Gasteiger partial charge in [0.25, 0.3) is 5.56 Å². The second-order valence-electron chi connectivity index (χ2n) is 8.83. The average Bonchev–Trinajstić information content (AvgIpc) is 2.94. The lowest BCUT2D eigenvalue weighted by Crippen LogP contribution is -2.20. The molecule has 0 aliphatic carbocycles. The molecule has 0 bridgehead atoms. The minimum absolute atomic E-state index is 0.260. The standard InChI is InChI=1S/C31H23Cl2N3O4/c1-3-39-28-16-20(10-15-27(28)40-31(38)21-11-8-19(2)9-12-21)18-34-36-29(23-14-13-22(32)17-25(23)33)35-26-7-5-4-6-24(26)30(36)37/h4-18H,3H2,1-2H3. The SMILES string of the molecule is CCOc1cc(C=Nn2c(-c3ccc(Cl)cc3Cl)nc3ccccc3c2=O)ccc1OC(=O)c1ccc(C)cc1. The van der Waals surface area contributed by atoms with Gasteiger partial charge in [-0.1, -0.05) is 53.0 Å². The lowest BCUT2D eigenvalue weighted by Gasteiger charge is -2.12. The van der Waals surface area contributed by atoms with E-state index in [1.807, 2.05) is 26.0 Å². The van der Waals surface area contributed by atoms with Crippen LogP contribution < -0.4 is 15.0 Å². The molecule has 0 saturated heterocycles. The van der Waals surface area contributed by atoms with Gasteiger partial charge in [0.05, 0.1) is 34.3 Å². The van der Waals surface area contributed by atoms with Crippen LogP contribution in [0.1, 0.15) is 28.4 Å². The van der Waals surface area contributed by atoms with Crippen LogP contribution in [0.4, 0.5) is 0 Å². The largest absolute Gasteiger partial charge is 0.490 e. The molecule has 0 radical (unpaired) electrons. The molecular weight excluding hydrogens is 549 g/mol. The Hall–Kier alpha value is -4.46. The summed E-state index contributed by atoms with van der Waals surface area (Å²) in [6, 6.07) is 24.1. The Morgan fingerprint density at radius 3 is 2.50 bits per heavy atom. The summed E-state index contributed by atoms with van der Waals surface area (Å²) in [4.78, 5) is 30.8. The smallest absolute Gasteiger partial charge is 0.343 e. The van der Waals surface area contributed by atoms with Crippen LogP contribution in [-0.4, -0.2) is 28.5 Å². The molecule has 0 unspecified atom stereocenters. The topological polar surface area (TPSA) is 82.8 Å². The predicted octanol–water partition coefficient (Wildman–Crippen LogP) is 7.18. The summed E-state index contributed by atoms with van der Waals surface area (Å²) in [7, 11) is 0. The highest BCUT2D eigenvalue weighted by Crippen LogP contribution is 2.31. The number of aromatic nitrogens is 2. The van der Waals surface area contributed by atoms with Crippen LogP contribution in [0, 0.1) is 6.92 Å². The fourth-order valence-electron chi connectivity index (χ4n) is 4.01. The van der Waals surface area contributed by atoms with E-state index < -0.39 is 5.97 Å². The Labute approximate surface area is 240 Å². The zero-order valence-corrected chi connectivity index (χ0v) is 23.1. The predicted molar refractivity (Wildman–Crippen MR) is 158 cm³/mol. The van der Waals surface area contributed by atoms with E-state index in [4.69, 9.17) is 32.7 Å². The Kier molecular flexibility index (Phi) is 7.96. The van der Waals surface area contributed by atoms with E-state index in [2.05, 4.69) is 10.1 Å². The van der Waals surface area contributed by atoms with Gasteiger partial charge < -0.3 is 9.47 Å². The maximum atomic E-state index is 13.5. The number of aryl methyl sites for hydroxylation is 1. The van der Waals surface area contributed by atoms with Gasteiger partial charge in [-0.3, -0.25) is 4.79 Å². The maximum Gasteiger partial charge on any atom is 0.343 e. The minimum Gasteiger partial charge on any atom is -0.490 e. The first-order valence-corrected chi connectivity index (χ1v) is 13.2. The van der Waals surface area contributed by atoms with Crippen LogP contribution in [0.5, 0.6) is 11.5 Å². The minimum atomic E-state index is -0.499. The fraction of sp³-hybridized carbons (Fsp3) is 0.0968. The molecule has 9 heteroatoms. The van der Waals surface area contributed by atoms with Crippen LogP contribution >= 0.6 is 23.2 Å². The second kappa shape index (κ2) is 11.7. The summed E-state index contributed by atoms with van der Waals surface area (Å²) in [5.74, 6) is 0.385. The maximum absolute atomic E-state index is 13.5. The number of ether oxygens (including phenoxy) is 2. The van der Waals surface area contributed by atoms with E-state index in [9.17, 15) is 9.59 Å². The summed E-state index contributed by atoms with van der Waals surface area (Å²) in [6.45, 7) is 4.12. The van der Waals surface area contributed by atoms with Gasteiger partial charge in [-0.05, 0) is 80.1 Å². The van der Waals surface area contributed by atoms with Crippen molar-refractivity contribution < 1.29 is 14.3 Å². The van der Waals surface area contributed by atoms with Crippen molar-refractivity contribution in [2.75, 3.05) is 6.61 Å². The Bertz CT molecular complexity index is 1810. The molecule has 200 valence electrons. The molecule has 0 amide bonds. The molecule has 0 N–H and O–H groups in total. The van der Waals surface area contributed by atoms with Crippen molar-refractivity contribution in [2.45, 2.75) is 13.8 Å². The van der Waals surface area contributed by atoms with Crippen molar-refractivity contribution in [3.63, 3.8) is 0 Å². The normalized spacial score (nSPS) is 11.2. The lowest BCUT2D eigenvalue weighted by molar-refractivity contribution is 0.0728. The summed E-state index contributed by atoms with van der Waals surface area (Å²) in [5, 5.41) is 5.67. The molecule has 0 fully saturated rings. The number of halogens is 2. The van der Waals surface area contributed by atoms with E-state index in [0.29, 0.717) is 50.0 Å². The van der Waals surface area contributed by atoms with Crippen LogP contribution in [0.3, 0.4) is 0 Å². The number of fused-ring (bicyclic) bond motifs is 1. The van der Waals surface area contributed by atoms with Crippen molar-refractivity contribution in [1.82, 2.24) is 9.66 Å². The Morgan fingerprint density at radius 1 is 0.975 bits per heavy atom. The summed E-state index contributed by atoms with van der Waals surface area (Å²) in [5.41, 5.74) is 2.72. The van der Waals surface area contributed by atoms with Crippen LogP contribution in [-0.2, 0) is 0 Å². The van der Waals surface area contributed by atoms with Gasteiger partial charge in [-0.2, -0.15) is 9.78 Å². The van der Waals surface area contributed by atoms with Crippen molar-refractivity contribution >= 4 is 46.3 Å². The molecule has 0 aliphatic rings. The van der Waals surface area contributed by atoms with Crippen molar-refractivity contribution in [3.8, 4) is 22.9 Å². The number of hydrogen-bond acceptors (Lipinski definition) is 6. The molecule has 40 heavy (non-hydrogen) atoms. The molecule has 1 heterocycles. The highest BCUT2D eigenvalue weighted by atomic mass is 35.5. The number of benzene rings is 4. The summed E-state index contributed by atoms with van der Waals surface area (Å²) < 4.78 is 12.5. The van der Waals surface area contributed by atoms with E-state index >= 15 is 0 Å². The number of hydrogen-bond donors (Lipinski definition) is 0. The number of para-hydroxylation sites is 1. The molecule has 0 aliphatic heterocycles. The second-order valence-corrected chi connectivity index (χ2v) is 9.68. The number of carbonyl (C=O) groups is 1. The van der Waals surface area contributed by atoms with Gasteiger partial charge in [0.2, 0.25) is 0 Å². The number of carbonyl (C=O) groups excluding carboxylic acids is 1.